The summed E-state index contributed by atoms with van der Waals surface area (Å²) in [6, 6.07) is 4.82. The molecule has 1 N–H and O–H groups in total. The Hall–Kier alpha value is -1.43. The van der Waals surface area contributed by atoms with Crippen LogP contribution in [0.25, 0.3) is 0 Å². The van der Waals surface area contributed by atoms with Crippen LogP contribution in [0.15, 0.2) is 27.8 Å². The molecule has 1 unspecified atom stereocenters. The Kier molecular flexibility index (Phi) is 3.96. The molecule has 18 heavy (non-hydrogen) atoms. The lowest BCUT2D eigenvalue weighted by atomic mass is 10.0. The molecule has 0 spiro atoms. The van der Waals surface area contributed by atoms with Crippen molar-refractivity contribution in [1.82, 2.24) is 5.32 Å². The van der Waals surface area contributed by atoms with Crippen molar-refractivity contribution in [3.63, 3.8) is 0 Å². The van der Waals surface area contributed by atoms with Crippen molar-refractivity contribution in [2.45, 2.75) is 19.4 Å². The zero-order chi connectivity index (χ0) is 13.1. The van der Waals surface area contributed by atoms with Gasteiger partial charge in [0.25, 0.3) is 0 Å². The van der Waals surface area contributed by atoms with E-state index in [1.54, 1.807) is 12.1 Å². The molecule has 1 heterocycles. The highest BCUT2D eigenvalue weighted by Gasteiger charge is 2.22. The van der Waals surface area contributed by atoms with Crippen LogP contribution in [-0.4, -0.2) is 24.3 Å². The summed E-state index contributed by atoms with van der Waals surface area (Å²) in [5, 5.41) is 6.58. The fraction of sp³-hybridized carbons (Fsp3) is 0.333. The summed E-state index contributed by atoms with van der Waals surface area (Å²) in [6.07, 6.45) is 0.372. The number of hydrogen-bond acceptors (Lipinski definition) is 3. The van der Waals surface area contributed by atoms with Gasteiger partial charge in [0, 0.05) is 18.9 Å². The third-order valence-corrected chi connectivity index (χ3v) is 3.21. The van der Waals surface area contributed by atoms with Gasteiger partial charge in [0.15, 0.2) is 0 Å². The Labute approximate surface area is 112 Å². The van der Waals surface area contributed by atoms with E-state index in [2.05, 4.69) is 26.4 Å². The van der Waals surface area contributed by atoms with E-state index in [1.807, 2.05) is 0 Å². The Balaban J connectivity index is 1.99. The standard InChI is InChI=1S/C12H12BrFN2O2/c1-7(17)15-6-9-5-12(16-18-9)8-2-3-10(13)11(14)4-8/h2-4,9H,5-6H2,1H3,(H,15,17). The fourth-order valence-electron chi connectivity index (χ4n) is 1.64. The van der Waals surface area contributed by atoms with Crippen LogP contribution >= 0.6 is 15.9 Å². The number of hydrogen-bond donors (Lipinski definition) is 1. The summed E-state index contributed by atoms with van der Waals surface area (Å²) < 4.78 is 13.8. The molecular weight excluding hydrogens is 303 g/mol. The Morgan fingerprint density at radius 3 is 3.11 bits per heavy atom. The molecular formula is C12H12BrFN2O2. The third-order valence-electron chi connectivity index (χ3n) is 2.56. The normalized spacial score (nSPS) is 18.2. The number of carbonyl (C=O) groups excluding carboxylic acids is 1. The van der Waals surface area contributed by atoms with Crippen molar-refractivity contribution < 1.29 is 14.0 Å². The average molecular weight is 315 g/mol. The molecule has 0 fully saturated rings. The summed E-state index contributed by atoms with van der Waals surface area (Å²) in [6.45, 7) is 1.85. The molecule has 1 aromatic rings. The summed E-state index contributed by atoms with van der Waals surface area (Å²) in [7, 11) is 0. The molecule has 1 atom stereocenters. The lowest BCUT2D eigenvalue weighted by Crippen LogP contribution is -2.30. The van der Waals surface area contributed by atoms with Crippen LogP contribution in [0.2, 0.25) is 0 Å². The second-order valence-corrected chi connectivity index (χ2v) is 4.89. The quantitative estimate of drug-likeness (QED) is 0.930. The van der Waals surface area contributed by atoms with Gasteiger partial charge in [-0.2, -0.15) is 0 Å². The van der Waals surface area contributed by atoms with Crippen molar-refractivity contribution in [2.75, 3.05) is 6.54 Å². The molecule has 0 bridgehead atoms. The van der Waals surface area contributed by atoms with Gasteiger partial charge < -0.3 is 10.2 Å². The summed E-state index contributed by atoms with van der Waals surface area (Å²) in [4.78, 5) is 16.0. The maximum atomic E-state index is 13.4. The van der Waals surface area contributed by atoms with E-state index >= 15 is 0 Å². The SMILES string of the molecule is CC(=O)NCC1CC(c2ccc(Br)c(F)c2)=NO1. The number of benzene rings is 1. The average Bonchev–Trinajstić information content (AvgIpc) is 2.79. The first kappa shape index (κ1) is 13.0. The van der Waals surface area contributed by atoms with E-state index < -0.39 is 0 Å². The van der Waals surface area contributed by atoms with Gasteiger partial charge in [-0.15, -0.1) is 0 Å². The molecule has 2 rings (SSSR count). The van der Waals surface area contributed by atoms with Crippen LogP contribution in [0, 0.1) is 5.82 Å². The Morgan fingerprint density at radius 2 is 2.44 bits per heavy atom. The van der Waals surface area contributed by atoms with Crippen LogP contribution in [0.4, 0.5) is 4.39 Å². The second kappa shape index (κ2) is 5.48. The molecule has 4 nitrogen and oxygen atoms in total. The first-order valence-corrected chi connectivity index (χ1v) is 6.28. The van der Waals surface area contributed by atoms with Gasteiger partial charge >= 0.3 is 0 Å². The highest BCUT2D eigenvalue weighted by molar-refractivity contribution is 9.10. The van der Waals surface area contributed by atoms with Gasteiger partial charge in [-0.1, -0.05) is 11.2 Å². The number of amides is 1. The molecule has 1 aliphatic rings. The van der Waals surface area contributed by atoms with E-state index in [-0.39, 0.29) is 17.8 Å². The van der Waals surface area contributed by atoms with E-state index in [0.717, 1.165) is 0 Å². The Morgan fingerprint density at radius 1 is 1.67 bits per heavy atom. The third kappa shape index (κ3) is 3.07. The van der Waals surface area contributed by atoms with Crippen LogP contribution in [-0.2, 0) is 9.63 Å². The molecule has 0 radical (unpaired) electrons. The molecule has 0 saturated carbocycles. The van der Waals surface area contributed by atoms with Gasteiger partial charge in [0.05, 0.1) is 16.7 Å². The molecule has 0 aromatic heterocycles. The largest absolute Gasteiger partial charge is 0.390 e. The van der Waals surface area contributed by atoms with E-state index in [1.165, 1.54) is 13.0 Å². The van der Waals surface area contributed by atoms with Gasteiger partial charge in [-0.3, -0.25) is 4.79 Å². The van der Waals surface area contributed by atoms with E-state index in [0.29, 0.717) is 28.7 Å². The van der Waals surface area contributed by atoms with Crippen LogP contribution in [0.3, 0.4) is 0 Å². The number of oxime groups is 1. The summed E-state index contributed by atoms with van der Waals surface area (Å²) in [5.41, 5.74) is 1.39. The summed E-state index contributed by atoms with van der Waals surface area (Å²) in [5.74, 6) is -0.442. The maximum Gasteiger partial charge on any atom is 0.217 e. The summed E-state index contributed by atoms with van der Waals surface area (Å²) >= 11 is 3.10. The first-order valence-electron chi connectivity index (χ1n) is 5.49. The number of carbonyl (C=O) groups is 1. The van der Waals surface area contributed by atoms with Crippen molar-refractivity contribution in [3.8, 4) is 0 Å². The van der Waals surface area contributed by atoms with E-state index in [9.17, 15) is 9.18 Å². The van der Waals surface area contributed by atoms with Gasteiger partial charge in [-0.05, 0) is 28.1 Å². The van der Waals surface area contributed by atoms with Crippen molar-refractivity contribution in [2.24, 2.45) is 5.16 Å². The van der Waals surface area contributed by atoms with Crippen LogP contribution in [0.1, 0.15) is 18.9 Å². The van der Waals surface area contributed by atoms with Gasteiger partial charge in [-0.25, -0.2) is 4.39 Å². The molecule has 1 aliphatic heterocycles. The first-order chi connectivity index (χ1) is 8.56. The minimum Gasteiger partial charge on any atom is -0.390 e. The maximum absolute atomic E-state index is 13.4. The van der Waals surface area contributed by atoms with Crippen LogP contribution < -0.4 is 5.32 Å². The van der Waals surface area contributed by atoms with Crippen molar-refractivity contribution in [1.29, 1.82) is 0 Å². The number of rotatable bonds is 3. The number of nitrogens with zero attached hydrogens (tertiary/aromatic N) is 1. The minimum absolute atomic E-state index is 0.110. The van der Waals surface area contributed by atoms with Crippen molar-refractivity contribution in [3.05, 3.63) is 34.1 Å². The van der Waals surface area contributed by atoms with Crippen molar-refractivity contribution >= 4 is 27.5 Å². The Bertz CT molecular complexity index is 505. The molecule has 1 amide bonds. The lowest BCUT2D eigenvalue weighted by Gasteiger charge is -2.07. The lowest BCUT2D eigenvalue weighted by molar-refractivity contribution is -0.119. The fourth-order valence-corrected chi connectivity index (χ4v) is 1.89. The van der Waals surface area contributed by atoms with Crippen LogP contribution in [0.5, 0.6) is 0 Å². The molecule has 1 aromatic carbocycles. The predicted molar refractivity (Wildman–Crippen MR) is 68.8 cm³/mol. The number of halogens is 2. The predicted octanol–water partition coefficient (Wildman–Crippen LogP) is 2.22. The molecule has 0 aliphatic carbocycles. The number of nitrogens with one attached hydrogen (secondary N) is 1. The zero-order valence-electron chi connectivity index (χ0n) is 9.74. The molecule has 0 saturated heterocycles. The highest BCUT2D eigenvalue weighted by Crippen LogP contribution is 2.21. The molecule has 6 heteroatoms. The zero-order valence-corrected chi connectivity index (χ0v) is 11.3. The van der Waals surface area contributed by atoms with E-state index in [4.69, 9.17) is 4.84 Å². The topological polar surface area (TPSA) is 50.7 Å². The second-order valence-electron chi connectivity index (χ2n) is 4.04. The van der Waals surface area contributed by atoms with Gasteiger partial charge in [0.2, 0.25) is 5.91 Å². The van der Waals surface area contributed by atoms with Gasteiger partial charge in [0.1, 0.15) is 11.9 Å². The molecule has 96 valence electrons. The smallest absolute Gasteiger partial charge is 0.217 e. The highest BCUT2D eigenvalue weighted by atomic mass is 79.9. The monoisotopic (exact) mass is 314 g/mol. The minimum atomic E-state index is -0.333.